The first-order chi connectivity index (χ1) is 10.1. The minimum Gasteiger partial charge on any atom is -0.397 e. The topological polar surface area (TPSA) is 70.9 Å². The van der Waals surface area contributed by atoms with Gasteiger partial charge in [0.2, 0.25) is 0 Å². The summed E-state index contributed by atoms with van der Waals surface area (Å²) in [6.45, 7) is 1.86. The van der Waals surface area contributed by atoms with E-state index in [-0.39, 0.29) is 5.91 Å². The van der Waals surface area contributed by atoms with Gasteiger partial charge in [-0.15, -0.1) is 0 Å². The lowest BCUT2D eigenvalue weighted by Gasteiger charge is -2.08. The average Bonchev–Trinajstić information content (AvgIpc) is 2.89. The van der Waals surface area contributed by atoms with E-state index in [9.17, 15) is 4.79 Å². The Morgan fingerprint density at radius 3 is 2.76 bits per heavy atom. The van der Waals surface area contributed by atoms with Gasteiger partial charge in [0.1, 0.15) is 5.69 Å². The van der Waals surface area contributed by atoms with Crippen molar-refractivity contribution in [3.05, 3.63) is 58.7 Å². The molecule has 3 aromatic rings. The number of hydrogen-bond acceptors (Lipinski definition) is 2. The van der Waals surface area contributed by atoms with E-state index in [1.165, 1.54) is 0 Å². The molecule has 0 fully saturated rings. The highest BCUT2D eigenvalue weighted by atomic mass is 35.5. The third-order valence-corrected chi connectivity index (χ3v) is 3.86. The van der Waals surface area contributed by atoms with Crippen molar-refractivity contribution in [3.8, 4) is 0 Å². The number of amides is 1. The van der Waals surface area contributed by atoms with E-state index in [1.54, 1.807) is 24.3 Å². The van der Waals surface area contributed by atoms with Gasteiger partial charge in [-0.3, -0.25) is 4.79 Å². The van der Waals surface area contributed by atoms with Crippen molar-refractivity contribution in [2.75, 3.05) is 11.1 Å². The molecule has 0 unspecified atom stereocenters. The highest BCUT2D eigenvalue weighted by Crippen LogP contribution is 2.25. The van der Waals surface area contributed by atoms with Crippen LogP contribution in [0.15, 0.2) is 42.5 Å². The second kappa shape index (κ2) is 5.14. The highest BCUT2D eigenvalue weighted by Gasteiger charge is 2.12. The number of aromatic nitrogens is 1. The van der Waals surface area contributed by atoms with Crippen LogP contribution in [0.5, 0.6) is 0 Å². The van der Waals surface area contributed by atoms with Crippen LogP contribution in [0.2, 0.25) is 5.02 Å². The normalized spacial score (nSPS) is 10.8. The van der Waals surface area contributed by atoms with Crippen molar-refractivity contribution in [2.24, 2.45) is 0 Å². The Labute approximate surface area is 126 Å². The summed E-state index contributed by atoms with van der Waals surface area (Å²) in [4.78, 5) is 15.4. The van der Waals surface area contributed by atoms with E-state index in [0.717, 1.165) is 16.5 Å². The van der Waals surface area contributed by atoms with Gasteiger partial charge in [-0.2, -0.15) is 0 Å². The quantitative estimate of drug-likeness (QED) is 0.627. The number of rotatable bonds is 2. The van der Waals surface area contributed by atoms with Crippen molar-refractivity contribution in [1.29, 1.82) is 0 Å². The van der Waals surface area contributed by atoms with Crippen LogP contribution >= 0.6 is 11.6 Å². The predicted octanol–water partition coefficient (Wildman–Crippen LogP) is 3.96. The van der Waals surface area contributed by atoms with Crippen molar-refractivity contribution in [1.82, 2.24) is 4.98 Å². The maximum Gasteiger partial charge on any atom is 0.272 e. The molecule has 0 aliphatic rings. The van der Waals surface area contributed by atoms with Gasteiger partial charge < -0.3 is 16.0 Å². The van der Waals surface area contributed by atoms with Crippen molar-refractivity contribution < 1.29 is 4.79 Å². The summed E-state index contributed by atoms with van der Waals surface area (Å²) in [5.74, 6) is -0.226. The number of fused-ring (bicyclic) bond motifs is 1. The van der Waals surface area contributed by atoms with Gasteiger partial charge >= 0.3 is 0 Å². The number of para-hydroxylation sites is 1. The van der Waals surface area contributed by atoms with Gasteiger partial charge in [0.25, 0.3) is 5.91 Å². The molecule has 0 bridgehead atoms. The molecule has 3 rings (SSSR count). The fraction of sp³-hybridized carbons (Fsp3) is 0.0625. The van der Waals surface area contributed by atoms with Crippen LogP contribution in [0.25, 0.3) is 10.9 Å². The zero-order valence-corrected chi connectivity index (χ0v) is 12.2. The maximum atomic E-state index is 12.3. The van der Waals surface area contributed by atoms with Crippen LogP contribution in [0.3, 0.4) is 0 Å². The number of nitrogens with one attached hydrogen (secondary N) is 2. The van der Waals surface area contributed by atoms with E-state index in [4.69, 9.17) is 17.3 Å². The van der Waals surface area contributed by atoms with E-state index in [1.807, 2.05) is 25.1 Å². The molecule has 1 amide bonds. The minimum absolute atomic E-state index is 0.226. The molecule has 0 aliphatic carbocycles. The number of carbonyl (C=O) groups is 1. The number of carbonyl (C=O) groups excluding carboxylic acids is 1. The Hall–Kier alpha value is -2.46. The molecule has 4 N–H and O–H groups in total. The third kappa shape index (κ3) is 2.45. The number of benzene rings is 2. The average molecular weight is 300 g/mol. The van der Waals surface area contributed by atoms with Gasteiger partial charge in [0.05, 0.1) is 11.2 Å². The Kier molecular flexibility index (Phi) is 3.31. The first-order valence-corrected chi connectivity index (χ1v) is 6.88. The Bertz CT molecular complexity index is 839. The summed E-state index contributed by atoms with van der Waals surface area (Å²) in [5, 5.41) is 4.38. The first kappa shape index (κ1) is 13.5. The smallest absolute Gasteiger partial charge is 0.272 e. The van der Waals surface area contributed by atoms with Crippen LogP contribution in [-0.4, -0.2) is 10.9 Å². The second-order valence-corrected chi connectivity index (χ2v) is 5.27. The monoisotopic (exact) mass is 299 g/mol. The van der Waals surface area contributed by atoms with Gasteiger partial charge in [0.15, 0.2) is 0 Å². The van der Waals surface area contributed by atoms with Gasteiger partial charge in [0, 0.05) is 16.1 Å². The molecule has 0 saturated carbocycles. The summed E-state index contributed by atoms with van der Waals surface area (Å²) < 4.78 is 0. The number of H-pyrrole nitrogens is 1. The lowest BCUT2D eigenvalue weighted by Crippen LogP contribution is -2.13. The Morgan fingerprint density at radius 2 is 2.00 bits per heavy atom. The fourth-order valence-electron chi connectivity index (χ4n) is 2.23. The van der Waals surface area contributed by atoms with E-state index in [2.05, 4.69) is 10.3 Å². The summed E-state index contributed by atoms with van der Waals surface area (Å²) in [7, 11) is 0. The van der Waals surface area contributed by atoms with Gasteiger partial charge in [-0.1, -0.05) is 29.8 Å². The van der Waals surface area contributed by atoms with Crippen LogP contribution in [-0.2, 0) is 0 Å². The zero-order valence-electron chi connectivity index (χ0n) is 11.4. The van der Waals surface area contributed by atoms with Crippen molar-refractivity contribution in [2.45, 2.75) is 6.92 Å². The van der Waals surface area contributed by atoms with Crippen molar-refractivity contribution >= 4 is 39.8 Å². The van der Waals surface area contributed by atoms with Crippen LogP contribution in [0, 0.1) is 6.92 Å². The molecule has 21 heavy (non-hydrogen) atoms. The molecule has 5 heteroatoms. The number of nitrogen functional groups attached to an aromatic ring is 1. The number of anilines is 2. The molecule has 1 aromatic heterocycles. The molecule has 0 atom stereocenters. The predicted molar refractivity (Wildman–Crippen MR) is 86.9 cm³/mol. The standard InChI is InChI=1S/C16H14ClN3O/c1-9-11(17)5-3-7-13(9)20-16(21)14-8-10-4-2-6-12(18)15(10)19-14/h2-8,19H,18H2,1H3,(H,20,21). The molecule has 0 aliphatic heterocycles. The second-order valence-electron chi connectivity index (χ2n) is 4.86. The van der Waals surface area contributed by atoms with Crippen LogP contribution < -0.4 is 11.1 Å². The fourth-order valence-corrected chi connectivity index (χ4v) is 2.41. The Balaban J connectivity index is 1.94. The summed E-state index contributed by atoms with van der Waals surface area (Å²) in [5.41, 5.74) is 9.26. The van der Waals surface area contributed by atoms with Crippen LogP contribution in [0.1, 0.15) is 16.1 Å². The first-order valence-electron chi connectivity index (χ1n) is 6.50. The molecule has 0 spiro atoms. The van der Waals surface area contributed by atoms with Crippen molar-refractivity contribution in [3.63, 3.8) is 0 Å². The Morgan fingerprint density at radius 1 is 1.24 bits per heavy atom. The van der Waals surface area contributed by atoms with E-state index in [0.29, 0.717) is 22.1 Å². The third-order valence-electron chi connectivity index (χ3n) is 3.45. The highest BCUT2D eigenvalue weighted by molar-refractivity contribution is 6.31. The molecular formula is C16H14ClN3O. The summed E-state index contributed by atoms with van der Waals surface area (Å²) >= 11 is 6.05. The SMILES string of the molecule is Cc1c(Cl)cccc1NC(=O)c1cc2cccc(N)c2[nH]1. The number of aromatic amines is 1. The summed E-state index contributed by atoms with van der Waals surface area (Å²) in [6, 6.07) is 12.7. The largest absolute Gasteiger partial charge is 0.397 e. The molecule has 2 aromatic carbocycles. The maximum absolute atomic E-state index is 12.3. The molecule has 4 nitrogen and oxygen atoms in total. The lowest BCUT2D eigenvalue weighted by atomic mass is 10.2. The zero-order chi connectivity index (χ0) is 15.0. The van der Waals surface area contributed by atoms with E-state index < -0.39 is 0 Å². The molecule has 0 radical (unpaired) electrons. The van der Waals surface area contributed by atoms with Gasteiger partial charge in [-0.25, -0.2) is 0 Å². The number of nitrogens with two attached hydrogens (primary N) is 1. The molecule has 106 valence electrons. The lowest BCUT2D eigenvalue weighted by molar-refractivity contribution is 0.102. The summed E-state index contributed by atoms with van der Waals surface area (Å²) in [6.07, 6.45) is 0. The number of hydrogen-bond donors (Lipinski definition) is 3. The van der Waals surface area contributed by atoms with Crippen LogP contribution in [0.4, 0.5) is 11.4 Å². The van der Waals surface area contributed by atoms with E-state index >= 15 is 0 Å². The van der Waals surface area contributed by atoms with Gasteiger partial charge in [-0.05, 0) is 36.8 Å². The molecular weight excluding hydrogens is 286 g/mol. The molecule has 1 heterocycles. The molecule has 0 saturated heterocycles. The minimum atomic E-state index is -0.226. The number of halogens is 1.